The minimum absolute atomic E-state index is 0.0125. The van der Waals surface area contributed by atoms with E-state index in [1.165, 1.54) is 0 Å². The van der Waals surface area contributed by atoms with E-state index in [9.17, 15) is 4.79 Å². The van der Waals surface area contributed by atoms with Crippen LogP contribution in [0.5, 0.6) is 0 Å². The van der Waals surface area contributed by atoms with E-state index in [-0.39, 0.29) is 11.9 Å². The van der Waals surface area contributed by atoms with E-state index in [0.717, 1.165) is 17.0 Å². The Morgan fingerprint density at radius 1 is 1.45 bits per heavy atom. The van der Waals surface area contributed by atoms with Gasteiger partial charge >= 0.3 is 0 Å². The van der Waals surface area contributed by atoms with Gasteiger partial charge in [0.1, 0.15) is 0 Å². The number of aromatic nitrogens is 1. The van der Waals surface area contributed by atoms with Crippen molar-refractivity contribution in [3.8, 4) is 11.3 Å². The van der Waals surface area contributed by atoms with Crippen molar-refractivity contribution < 1.29 is 4.79 Å². The van der Waals surface area contributed by atoms with Crippen LogP contribution in [0, 0.1) is 6.92 Å². The Morgan fingerprint density at radius 2 is 2.20 bits per heavy atom. The molecule has 0 bridgehead atoms. The number of likely N-dealkylation sites (N-methyl/N-ethyl adjacent to an activating group) is 1. The zero-order valence-electron chi connectivity index (χ0n) is 12.0. The molecule has 2 aromatic heterocycles. The Morgan fingerprint density at radius 3 is 2.75 bits per heavy atom. The monoisotopic (exact) mass is 289 g/mol. The molecule has 0 saturated carbocycles. The maximum absolute atomic E-state index is 12.4. The summed E-state index contributed by atoms with van der Waals surface area (Å²) in [6.45, 7) is 4.24. The smallest absolute Gasteiger partial charge is 0.255 e. The number of pyridine rings is 1. The van der Waals surface area contributed by atoms with Crippen LogP contribution in [0.4, 0.5) is 0 Å². The maximum Gasteiger partial charge on any atom is 0.255 e. The lowest BCUT2D eigenvalue weighted by atomic mass is 10.1. The molecule has 0 aliphatic carbocycles. The molecule has 0 aliphatic heterocycles. The van der Waals surface area contributed by atoms with Gasteiger partial charge in [0, 0.05) is 30.6 Å². The number of aryl methyl sites for hydroxylation is 1. The van der Waals surface area contributed by atoms with Crippen molar-refractivity contribution in [2.24, 2.45) is 5.73 Å². The van der Waals surface area contributed by atoms with E-state index in [1.807, 2.05) is 42.8 Å². The molecule has 20 heavy (non-hydrogen) atoms. The second kappa shape index (κ2) is 6.15. The van der Waals surface area contributed by atoms with E-state index in [0.29, 0.717) is 12.1 Å². The van der Waals surface area contributed by atoms with Gasteiger partial charge in [-0.3, -0.25) is 9.78 Å². The number of nitrogens with two attached hydrogens (primary N) is 1. The average molecular weight is 289 g/mol. The molecular formula is C15H19N3OS. The zero-order valence-corrected chi connectivity index (χ0v) is 12.8. The number of nitrogens with zero attached hydrogens (tertiary/aromatic N) is 2. The normalized spacial score (nSPS) is 12.2. The summed E-state index contributed by atoms with van der Waals surface area (Å²) in [6, 6.07) is 5.77. The van der Waals surface area contributed by atoms with Gasteiger partial charge in [0.25, 0.3) is 5.91 Å². The number of thiophene rings is 1. The summed E-state index contributed by atoms with van der Waals surface area (Å²) in [5, 5.41) is 4.06. The molecule has 5 heteroatoms. The lowest BCUT2D eigenvalue weighted by Crippen LogP contribution is -2.40. The van der Waals surface area contributed by atoms with Crippen molar-refractivity contribution in [3.05, 3.63) is 40.2 Å². The predicted octanol–water partition coefficient (Wildman–Crippen LogP) is 2.54. The van der Waals surface area contributed by atoms with E-state index in [4.69, 9.17) is 5.73 Å². The summed E-state index contributed by atoms with van der Waals surface area (Å²) < 4.78 is 0. The third kappa shape index (κ3) is 2.89. The molecule has 0 aromatic carbocycles. The van der Waals surface area contributed by atoms with Crippen LogP contribution < -0.4 is 5.73 Å². The summed E-state index contributed by atoms with van der Waals surface area (Å²) in [5.74, 6) is -0.0372. The van der Waals surface area contributed by atoms with Gasteiger partial charge in [-0.15, -0.1) is 0 Å². The van der Waals surface area contributed by atoms with Crippen molar-refractivity contribution in [2.75, 3.05) is 13.6 Å². The first-order valence-electron chi connectivity index (χ1n) is 6.52. The first-order chi connectivity index (χ1) is 9.54. The zero-order chi connectivity index (χ0) is 14.7. The summed E-state index contributed by atoms with van der Waals surface area (Å²) in [7, 11) is 1.77. The average Bonchev–Trinajstić information content (AvgIpc) is 2.99. The van der Waals surface area contributed by atoms with E-state index >= 15 is 0 Å². The molecular weight excluding hydrogens is 270 g/mol. The third-order valence-electron chi connectivity index (χ3n) is 3.46. The van der Waals surface area contributed by atoms with Crippen LogP contribution in [-0.4, -0.2) is 35.4 Å². The molecule has 2 N–H and O–H groups in total. The second-order valence-electron chi connectivity index (χ2n) is 4.84. The highest BCUT2D eigenvalue weighted by Crippen LogP contribution is 2.22. The lowest BCUT2D eigenvalue weighted by molar-refractivity contribution is 0.0747. The van der Waals surface area contributed by atoms with Gasteiger partial charge in [-0.05, 0) is 37.4 Å². The Hall–Kier alpha value is -1.72. The van der Waals surface area contributed by atoms with Crippen LogP contribution in [-0.2, 0) is 0 Å². The molecule has 4 nitrogen and oxygen atoms in total. The van der Waals surface area contributed by atoms with Crippen molar-refractivity contribution in [3.63, 3.8) is 0 Å². The van der Waals surface area contributed by atoms with Crippen LogP contribution >= 0.6 is 11.3 Å². The summed E-state index contributed by atoms with van der Waals surface area (Å²) in [4.78, 5) is 18.6. The van der Waals surface area contributed by atoms with Crippen molar-refractivity contribution in [2.45, 2.75) is 19.9 Å². The number of amides is 1. The molecule has 0 spiro atoms. The lowest BCUT2D eigenvalue weighted by Gasteiger charge is -2.24. The van der Waals surface area contributed by atoms with Gasteiger partial charge in [0.05, 0.1) is 17.0 Å². The Labute approximate surface area is 123 Å². The minimum atomic E-state index is -0.0372. The summed E-state index contributed by atoms with van der Waals surface area (Å²) in [6.07, 6.45) is 0. The molecule has 0 radical (unpaired) electrons. The highest BCUT2D eigenvalue weighted by Gasteiger charge is 2.19. The van der Waals surface area contributed by atoms with Crippen molar-refractivity contribution in [1.82, 2.24) is 9.88 Å². The molecule has 2 aromatic rings. The first kappa shape index (κ1) is 14.7. The third-order valence-corrected chi connectivity index (χ3v) is 4.14. The van der Waals surface area contributed by atoms with E-state index < -0.39 is 0 Å². The van der Waals surface area contributed by atoms with Gasteiger partial charge in [0.2, 0.25) is 0 Å². The molecule has 1 unspecified atom stereocenters. The second-order valence-corrected chi connectivity index (χ2v) is 5.62. The largest absolute Gasteiger partial charge is 0.338 e. The Kier molecular flexibility index (Phi) is 4.52. The number of carbonyl (C=O) groups excluding carboxylic acids is 1. The molecule has 0 aliphatic rings. The topological polar surface area (TPSA) is 59.2 Å². The van der Waals surface area contributed by atoms with Gasteiger partial charge < -0.3 is 10.6 Å². The van der Waals surface area contributed by atoms with Gasteiger partial charge in [-0.25, -0.2) is 0 Å². The molecule has 1 atom stereocenters. The van der Waals surface area contributed by atoms with Crippen LogP contribution in [0.3, 0.4) is 0 Å². The first-order valence-corrected chi connectivity index (χ1v) is 7.46. The predicted molar refractivity (Wildman–Crippen MR) is 82.9 cm³/mol. The number of rotatable bonds is 4. The van der Waals surface area contributed by atoms with Crippen molar-refractivity contribution in [1.29, 1.82) is 0 Å². The Bertz CT molecular complexity index is 595. The van der Waals surface area contributed by atoms with Crippen molar-refractivity contribution >= 4 is 17.2 Å². The summed E-state index contributed by atoms with van der Waals surface area (Å²) in [5.41, 5.74) is 8.97. The highest BCUT2D eigenvalue weighted by molar-refractivity contribution is 7.08. The van der Waals surface area contributed by atoms with E-state index in [1.54, 1.807) is 23.3 Å². The van der Waals surface area contributed by atoms with Crippen LogP contribution in [0.1, 0.15) is 23.0 Å². The fraction of sp³-hybridized carbons (Fsp3) is 0.333. The molecule has 106 valence electrons. The van der Waals surface area contributed by atoms with Crippen LogP contribution in [0.25, 0.3) is 11.3 Å². The summed E-state index contributed by atoms with van der Waals surface area (Å²) >= 11 is 1.63. The number of hydrogen-bond acceptors (Lipinski definition) is 4. The van der Waals surface area contributed by atoms with Crippen LogP contribution in [0.15, 0.2) is 29.0 Å². The van der Waals surface area contributed by atoms with Crippen LogP contribution in [0.2, 0.25) is 0 Å². The standard InChI is InChI=1S/C15H19N3OS/c1-10(8-16)18(3)15(19)13-4-5-14(17-11(13)2)12-6-7-20-9-12/h4-7,9-10H,8,16H2,1-3H3. The molecule has 1 amide bonds. The van der Waals surface area contributed by atoms with Gasteiger partial charge in [-0.2, -0.15) is 11.3 Å². The Balaban J connectivity index is 2.28. The highest BCUT2D eigenvalue weighted by atomic mass is 32.1. The maximum atomic E-state index is 12.4. The van der Waals surface area contributed by atoms with Gasteiger partial charge in [0.15, 0.2) is 0 Å². The fourth-order valence-corrected chi connectivity index (χ4v) is 2.56. The molecule has 2 heterocycles. The van der Waals surface area contributed by atoms with E-state index in [2.05, 4.69) is 4.98 Å². The number of hydrogen-bond donors (Lipinski definition) is 1. The fourth-order valence-electron chi connectivity index (χ4n) is 1.91. The quantitative estimate of drug-likeness (QED) is 0.941. The SMILES string of the molecule is Cc1nc(-c2ccsc2)ccc1C(=O)N(C)C(C)CN. The molecule has 0 fully saturated rings. The van der Waals surface area contributed by atoms with Gasteiger partial charge in [-0.1, -0.05) is 0 Å². The number of carbonyl (C=O) groups is 1. The molecule has 0 saturated heterocycles. The molecule has 2 rings (SSSR count). The minimum Gasteiger partial charge on any atom is -0.338 e.